The molecule has 0 bridgehead atoms. The average molecular weight is 473 g/mol. The molecule has 2 aromatic heterocycles. The van der Waals surface area contributed by atoms with Crippen molar-refractivity contribution in [1.29, 1.82) is 0 Å². The highest BCUT2D eigenvalue weighted by molar-refractivity contribution is 8.26. The molecule has 1 amide bonds. The largest absolute Gasteiger partial charge is 0.369 e. The third kappa shape index (κ3) is 5.78. The number of aryl methyl sites for hydroxylation is 1. The Balaban J connectivity index is 1.94. The van der Waals surface area contributed by atoms with Gasteiger partial charge in [-0.1, -0.05) is 76.0 Å². The summed E-state index contributed by atoms with van der Waals surface area (Å²) in [7, 11) is 0. The van der Waals surface area contributed by atoms with Crippen molar-refractivity contribution in [2.75, 3.05) is 18.4 Å². The van der Waals surface area contributed by atoms with Crippen LogP contribution in [0.3, 0.4) is 0 Å². The van der Waals surface area contributed by atoms with Gasteiger partial charge in [-0.3, -0.25) is 18.9 Å². The number of aromatic nitrogens is 2. The van der Waals surface area contributed by atoms with Crippen LogP contribution in [0.1, 0.15) is 69.9 Å². The standard InChI is InChI=1S/C24H32N4O2S2/c1-4-6-8-10-14-27-23(30)19(32-24(27)31)15-18-21(25-13-9-7-5-2)26-20-12-11-17(3)16-28(20)22(18)29/h11-12,15-16,25H,4-10,13-14H2,1-3H3. The van der Waals surface area contributed by atoms with Crippen molar-refractivity contribution in [2.45, 2.75) is 65.7 Å². The molecular weight excluding hydrogens is 440 g/mol. The van der Waals surface area contributed by atoms with Gasteiger partial charge in [-0.2, -0.15) is 0 Å². The molecule has 2 aromatic rings. The maximum absolute atomic E-state index is 13.4. The van der Waals surface area contributed by atoms with Crippen LogP contribution in [0.15, 0.2) is 28.0 Å². The van der Waals surface area contributed by atoms with Crippen LogP contribution < -0.4 is 10.9 Å². The molecule has 1 N–H and O–H groups in total. The number of thiocarbonyl (C=S) groups is 1. The second-order valence-corrected chi connectivity index (χ2v) is 9.82. The Morgan fingerprint density at radius 2 is 1.84 bits per heavy atom. The number of rotatable bonds is 11. The summed E-state index contributed by atoms with van der Waals surface area (Å²) in [6, 6.07) is 3.78. The van der Waals surface area contributed by atoms with E-state index in [9.17, 15) is 9.59 Å². The molecule has 0 aliphatic carbocycles. The van der Waals surface area contributed by atoms with Crippen molar-refractivity contribution in [1.82, 2.24) is 14.3 Å². The van der Waals surface area contributed by atoms with Gasteiger partial charge in [0, 0.05) is 19.3 Å². The predicted octanol–water partition coefficient (Wildman–Crippen LogP) is 5.39. The maximum atomic E-state index is 13.4. The fraction of sp³-hybridized carbons (Fsp3) is 0.500. The number of thioether (sulfide) groups is 1. The summed E-state index contributed by atoms with van der Waals surface area (Å²) in [5.41, 5.74) is 1.76. The Kier molecular flexibility index (Phi) is 8.87. The van der Waals surface area contributed by atoms with Crippen LogP contribution in [0.25, 0.3) is 11.7 Å². The zero-order valence-corrected chi connectivity index (χ0v) is 20.8. The smallest absolute Gasteiger partial charge is 0.267 e. The molecule has 0 saturated carbocycles. The number of pyridine rings is 1. The van der Waals surface area contributed by atoms with Crippen LogP contribution >= 0.6 is 24.0 Å². The minimum absolute atomic E-state index is 0.123. The first kappa shape index (κ1) is 24.5. The van der Waals surface area contributed by atoms with E-state index in [4.69, 9.17) is 17.2 Å². The van der Waals surface area contributed by atoms with E-state index >= 15 is 0 Å². The Bertz CT molecular complexity index is 1080. The number of unbranched alkanes of at least 4 members (excludes halogenated alkanes) is 5. The van der Waals surface area contributed by atoms with E-state index in [1.165, 1.54) is 11.8 Å². The lowest BCUT2D eigenvalue weighted by Gasteiger charge is -2.14. The molecule has 1 aliphatic rings. The molecule has 8 heteroatoms. The van der Waals surface area contributed by atoms with Gasteiger partial charge in [0.1, 0.15) is 15.8 Å². The van der Waals surface area contributed by atoms with E-state index in [0.29, 0.717) is 32.8 Å². The monoisotopic (exact) mass is 472 g/mol. The summed E-state index contributed by atoms with van der Waals surface area (Å²) >= 11 is 6.72. The number of nitrogens with one attached hydrogen (secondary N) is 1. The lowest BCUT2D eigenvalue weighted by molar-refractivity contribution is -0.122. The molecule has 3 rings (SSSR count). The maximum Gasteiger partial charge on any atom is 0.267 e. The quantitative estimate of drug-likeness (QED) is 0.269. The van der Waals surface area contributed by atoms with Gasteiger partial charge >= 0.3 is 0 Å². The van der Waals surface area contributed by atoms with Gasteiger partial charge in [0.2, 0.25) is 0 Å². The minimum atomic E-state index is -0.190. The molecule has 32 heavy (non-hydrogen) atoms. The van der Waals surface area contributed by atoms with Crippen molar-refractivity contribution in [3.8, 4) is 0 Å². The molecule has 0 spiro atoms. The van der Waals surface area contributed by atoms with Gasteiger partial charge in [0.25, 0.3) is 11.5 Å². The summed E-state index contributed by atoms with van der Waals surface area (Å²) in [5, 5.41) is 3.32. The lowest BCUT2D eigenvalue weighted by atomic mass is 10.2. The van der Waals surface area contributed by atoms with Crippen molar-refractivity contribution in [3.63, 3.8) is 0 Å². The third-order valence-electron chi connectivity index (χ3n) is 5.46. The molecule has 3 heterocycles. The van der Waals surface area contributed by atoms with E-state index in [1.807, 2.05) is 19.1 Å². The Morgan fingerprint density at radius 1 is 1.09 bits per heavy atom. The van der Waals surface area contributed by atoms with Crippen molar-refractivity contribution < 1.29 is 4.79 Å². The number of hydrogen-bond acceptors (Lipinski definition) is 6. The normalized spacial score (nSPS) is 15.3. The summed E-state index contributed by atoms with van der Waals surface area (Å²) in [4.78, 5) is 33.2. The highest BCUT2D eigenvalue weighted by Gasteiger charge is 2.32. The number of amides is 1. The summed E-state index contributed by atoms with van der Waals surface area (Å²) in [6.07, 6.45) is 10.9. The Hall–Kier alpha value is -2.19. The predicted molar refractivity (Wildman–Crippen MR) is 138 cm³/mol. The number of carbonyl (C=O) groups is 1. The lowest BCUT2D eigenvalue weighted by Crippen LogP contribution is -2.29. The Morgan fingerprint density at radius 3 is 2.59 bits per heavy atom. The van der Waals surface area contributed by atoms with Crippen LogP contribution in [0.4, 0.5) is 5.82 Å². The molecule has 1 saturated heterocycles. The summed E-state index contributed by atoms with van der Waals surface area (Å²) in [5.74, 6) is 0.394. The number of carbonyl (C=O) groups excluding carboxylic acids is 1. The van der Waals surface area contributed by atoms with Gasteiger partial charge < -0.3 is 5.32 Å². The second-order valence-electron chi connectivity index (χ2n) is 8.14. The SMILES string of the molecule is CCCCCCN1C(=O)C(=Cc2c(NCCCCC)nc3ccc(C)cn3c2=O)SC1=S. The molecular formula is C24H32N4O2S2. The number of fused-ring (bicyclic) bond motifs is 1. The molecule has 0 unspecified atom stereocenters. The van der Waals surface area contributed by atoms with Crippen LogP contribution in [-0.4, -0.2) is 37.6 Å². The highest BCUT2D eigenvalue weighted by Crippen LogP contribution is 2.33. The molecule has 0 atom stereocenters. The second kappa shape index (κ2) is 11.6. The number of nitrogens with zero attached hydrogens (tertiary/aromatic N) is 3. The van der Waals surface area contributed by atoms with E-state index in [1.54, 1.807) is 21.6 Å². The van der Waals surface area contributed by atoms with E-state index in [-0.39, 0.29) is 11.5 Å². The fourth-order valence-corrected chi connectivity index (χ4v) is 4.92. The first-order chi connectivity index (χ1) is 15.5. The first-order valence-electron chi connectivity index (χ1n) is 11.5. The van der Waals surface area contributed by atoms with Crippen molar-refractivity contribution in [2.24, 2.45) is 0 Å². The molecule has 0 aromatic carbocycles. The summed E-state index contributed by atoms with van der Waals surface area (Å²) < 4.78 is 2.10. The first-order valence-corrected chi connectivity index (χ1v) is 12.7. The van der Waals surface area contributed by atoms with Crippen LogP contribution in [-0.2, 0) is 4.79 Å². The van der Waals surface area contributed by atoms with Gasteiger partial charge in [-0.15, -0.1) is 0 Å². The Labute approximate surface area is 199 Å². The van der Waals surface area contributed by atoms with Crippen LogP contribution in [0.5, 0.6) is 0 Å². The van der Waals surface area contributed by atoms with E-state index in [0.717, 1.165) is 57.1 Å². The highest BCUT2D eigenvalue weighted by atomic mass is 32.2. The molecule has 1 aliphatic heterocycles. The van der Waals surface area contributed by atoms with Crippen LogP contribution in [0.2, 0.25) is 0 Å². The fourth-order valence-electron chi connectivity index (χ4n) is 3.63. The number of hydrogen-bond donors (Lipinski definition) is 1. The molecule has 1 fully saturated rings. The molecule has 0 radical (unpaired) electrons. The zero-order valence-electron chi connectivity index (χ0n) is 19.1. The minimum Gasteiger partial charge on any atom is -0.369 e. The van der Waals surface area contributed by atoms with Crippen molar-refractivity contribution >= 4 is 51.7 Å². The van der Waals surface area contributed by atoms with Gasteiger partial charge in [-0.05, 0) is 37.5 Å². The van der Waals surface area contributed by atoms with Crippen molar-refractivity contribution in [3.05, 3.63) is 44.7 Å². The van der Waals surface area contributed by atoms with E-state index in [2.05, 4.69) is 19.2 Å². The van der Waals surface area contributed by atoms with Gasteiger partial charge in [0.05, 0.1) is 10.5 Å². The summed E-state index contributed by atoms with van der Waals surface area (Å²) in [6.45, 7) is 7.60. The topological polar surface area (TPSA) is 66.7 Å². The molecule has 6 nitrogen and oxygen atoms in total. The van der Waals surface area contributed by atoms with Gasteiger partial charge in [0.15, 0.2) is 0 Å². The zero-order chi connectivity index (χ0) is 23.1. The molecule has 172 valence electrons. The van der Waals surface area contributed by atoms with Gasteiger partial charge in [-0.25, -0.2) is 4.98 Å². The average Bonchev–Trinajstić information content (AvgIpc) is 3.04. The van der Waals surface area contributed by atoms with Crippen LogP contribution in [0, 0.1) is 6.92 Å². The van der Waals surface area contributed by atoms with E-state index < -0.39 is 0 Å². The number of anilines is 1. The third-order valence-corrected chi connectivity index (χ3v) is 6.84.